The number of rotatable bonds is 8. The number of amides is 1. The third-order valence-corrected chi connectivity index (χ3v) is 4.23. The van der Waals surface area contributed by atoms with Gasteiger partial charge >= 0.3 is 0 Å². The average molecular weight is 412 g/mol. The van der Waals surface area contributed by atoms with E-state index in [2.05, 4.69) is 5.32 Å². The van der Waals surface area contributed by atoms with Gasteiger partial charge in [0, 0.05) is 6.07 Å². The fourth-order valence-electron chi connectivity index (χ4n) is 2.67. The van der Waals surface area contributed by atoms with Crippen molar-refractivity contribution in [3.63, 3.8) is 0 Å². The van der Waals surface area contributed by atoms with Crippen LogP contribution < -0.4 is 24.6 Å². The van der Waals surface area contributed by atoms with Gasteiger partial charge in [0.1, 0.15) is 17.2 Å². The second kappa shape index (κ2) is 9.10. The molecule has 1 heterocycles. The van der Waals surface area contributed by atoms with Gasteiger partial charge in [-0.15, -0.1) is 0 Å². The van der Waals surface area contributed by atoms with Gasteiger partial charge < -0.3 is 34.5 Å². The predicted molar refractivity (Wildman–Crippen MR) is 102 cm³/mol. The highest BCUT2D eigenvalue weighted by molar-refractivity contribution is 6.14. The Labute approximate surface area is 171 Å². The van der Waals surface area contributed by atoms with E-state index < -0.39 is 31.1 Å². The number of carbonyl (C=O) groups excluding carboxylic acids is 3. The van der Waals surface area contributed by atoms with Gasteiger partial charge in [-0.05, 0) is 35.9 Å². The number of methoxy groups -OCH3 is 1. The fraction of sp³-hybridized carbons (Fsp3) is 0.190. The number of ether oxygens (including phenoxy) is 3. The van der Waals surface area contributed by atoms with E-state index in [4.69, 9.17) is 19.3 Å². The van der Waals surface area contributed by atoms with Gasteiger partial charge in [-0.3, -0.25) is 9.59 Å². The molecule has 2 aromatic rings. The van der Waals surface area contributed by atoms with Gasteiger partial charge in [0.2, 0.25) is 5.78 Å². The topological polar surface area (TPSA) is 134 Å². The standard InChI is InChI=1S/C21H19NO8/c1-28-13-4-2-12(3-5-13)8-18-20(25)15-7-6-14(9-17(15)30-18)29-11-19(24)22-16(10-23)21(26)27/h2-9,16,23H,10-11H2,1H3,(H,22,24)(H,26,27)/p-1/b18-8-/t16-/m0/s1. The Kier molecular flexibility index (Phi) is 6.33. The summed E-state index contributed by atoms with van der Waals surface area (Å²) in [4.78, 5) is 35.0. The average Bonchev–Trinajstić information content (AvgIpc) is 3.05. The lowest BCUT2D eigenvalue weighted by Crippen LogP contribution is -2.51. The summed E-state index contributed by atoms with van der Waals surface area (Å²) in [5.74, 6) is -1.29. The smallest absolute Gasteiger partial charge is 0.258 e. The molecule has 0 aromatic heterocycles. The van der Waals surface area contributed by atoms with E-state index in [1.165, 1.54) is 18.2 Å². The molecular weight excluding hydrogens is 394 g/mol. The van der Waals surface area contributed by atoms with Crippen LogP contribution in [-0.2, 0) is 9.59 Å². The number of hydrogen-bond donors (Lipinski definition) is 2. The molecule has 0 radical (unpaired) electrons. The quantitative estimate of drug-likeness (QED) is 0.575. The summed E-state index contributed by atoms with van der Waals surface area (Å²) in [7, 11) is 1.56. The first-order valence-electron chi connectivity index (χ1n) is 8.87. The van der Waals surface area contributed by atoms with Crippen LogP contribution in [0.4, 0.5) is 0 Å². The predicted octanol–water partition coefficient (Wildman–Crippen LogP) is -0.0828. The molecule has 2 N–H and O–H groups in total. The number of aliphatic hydroxyl groups is 1. The molecule has 9 nitrogen and oxygen atoms in total. The Hall–Kier alpha value is -3.85. The summed E-state index contributed by atoms with van der Waals surface area (Å²) >= 11 is 0. The zero-order valence-electron chi connectivity index (χ0n) is 15.9. The van der Waals surface area contributed by atoms with Crippen molar-refractivity contribution >= 4 is 23.7 Å². The molecule has 30 heavy (non-hydrogen) atoms. The zero-order valence-corrected chi connectivity index (χ0v) is 15.9. The van der Waals surface area contributed by atoms with Crippen molar-refractivity contribution in [2.75, 3.05) is 20.3 Å². The molecule has 0 aliphatic carbocycles. The van der Waals surface area contributed by atoms with Crippen LogP contribution in [0, 0.1) is 0 Å². The number of carbonyl (C=O) groups is 3. The number of aliphatic hydroxyl groups excluding tert-OH is 1. The van der Waals surface area contributed by atoms with Crippen LogP contribution in [0.1, 0.15) is 15.9 Å². The highest BCUT2D eigenvalue weighted by atomic mass is 16.5. The van der Waals surface area contributed by atoms with E-state index in [9.17, 15) is 19.5 Å². The van der Waals surface area contributed by atoms with Gasteiger partial charge in [0.05, 0.1) is 31.3 Å². The first-order chi connectivity index (χ1) is 14.4. The van der Waals surface area contributed by atoms with Crippen LogP contribution in [0.3, 0.4) is 0 Å². The van der Waals surface area contributed by atoms with Crippen LogP contribution in [0.5, 0.6) is 17.2 Å². The molecule has 9 heteroatoms. The summed E-state index contributed by atoms with van der Waals surface area (Å²) in [5, 5.41) is 21.6. The minimum atomic E-state index is -1.61. The molecule has 1 aliphatic heterocycles. The number of carboxylic acids is 1. The molecule has 2 aromatic carbocycles. The number of fused-ring (bicyclic) bond motifs is 1. The van der Waals surface area contributed by atoms with Crippen LogP contribution in [0.2, 0.25) is 0 Å². The molecule has 0 spiro atoms. The lowest BCUT2D eigenvalue weighted by molar-refractivity contribution is -0.309. The molecule has 156 valence electrons. The monoisotopic (exact) mass is 412 g/mol. The highest BCUT2D eigenvalue weighted by Crippen LogP contribution is 2.35. The van der Waals surface area contributed by atoms with E-state index in [1.54, 1.807) is 37.5 Å². The van der Waals surface area contributed by atoms with Crippen molar-refractivity contribution in [2.24, 2.45) is 0 Å². The summed E-state index contributed by atoms with van der Waals surface area (Å²) in [6.45, 7) is -1.29. The van der Waals surface area contributed by atoms with Crippen molar-refractivity contribution in [3.8, 4) is 17.2 Å². The van der Waals surface area contributed by atoms with Gasteiger partial charge in [-0.2, -0.15) is 0 Å². The van der Waals surface area contributed by atoms with Crippen molar-refractivity contribution in [1.29, 1.82) is 0 Å². The number of allylic oxidation sites excluding steroid dienone is 1. The SMILES string of the molecule is COc1ccc(/C=C2\Oc3cc(OCC(=O)N[C@@H](CO)C(=O)[O-])ccc3C2=O)cc1. The highest BCUT2D eigenvalue weighted by Gasteiger charge is 2.27. The van der Waals surface area contributed by atoms with E-state index in [-0.39, 0.29) is 23.0 Å². The molecule has 1 amide bonds. The molecule has 0 saturated carbocycles. The summed E-state index contributed by atoms with van der Waals surface area (Å²) in [6.07, 6.45) is 1.60. The molecular formula is C21H18NO8-. The number of nitrogens with one attached hydrogen (secondary N) is 1. The maximum absolute atomic E-state index is 12.5. The first-order valence-corrected chi connectivity index (χ1v) is 8.87. The van der Waals surface area contributed by atoms with Gasteiger partial charge in [-0.1, -0.05) is 12.1 Å². The molecule has 0 unspecified atom stereocenters. The van der Waals surface area contributed by atoms with Crippen molar-refractivity contribution in [1.82, 2.24) is 5.32 Å². The van der Waals surface area contributed by atoms with Crippen molar-refractivity contribution < 1.29 is 38.8 Å². The Balaban J connectivity index is 1.65. The van der Waals surface area contributed by atoms with Crippen LogP contribution in [-0.4, -0.2) is 49.1 Å². The number of ketones is 1. The van der Waals surface area contributed by atoms with E-state index in [0.717, 1.165) is 5.56 Å². The Morgan fingerprint density at radius 3 is 2.53 bits per heavy atom. The van der Waals surface area contributed by atoms with Gasteiger partial charge in [0.15, 0.2) is 12.4 Å². The Bertz CT molecular complexity index is 997. The third kappa shape index (κ3) is 4.76. The molecule has 0 bridgehead atoms. The number of benzene rings is 2. The molecule has 0 saturated heterocycles. The largest absolute Gasteiger partial charge is 0.548 e. The van der Waals surface area contributed by atoms with Crippen molar-refractivity contribution in [2.45, 2.75) is 6.04 Å². The summed E-state index contributed by atoms with van der Waals surface area (Å²) in [5.41, 5.74) is 1.11. The van der Waals surface area contributed by atoms with Crippen LogP contribution in [0.15, 0.2) is 48.2 Å². The maximum atomic E-state index is 12.5. The van der Waals surface area contributed by atoms with E-state index >= 15 is 0 Å². The number of aliphatic carboxylic acids is 1. The second-order valence-electron chi connectivity index (χ2n) is 6.28. The zero-order chi connectivity index (χ0) is 21.7. The number of carboxylic acid groups (broad SMARTS) is 1. The molecule has 0 fully saturated rings. The summed E-state index contributed by atoms with van der Waals surface area (Å²) in [6, 6.07) is 10.0. The van der Waals surface area contributed by atoms with Gasteiger partial charge in [0.25, 0.3) is 5.91 Å². The minimum absolute atomic E-state index is 0.143. The van der Waals surface area contributed by atoms with Crippen molar-refractivity contribution in [3.05, 3.63) is 59.4 Å². The number of Topliss-reactive ketones (excluding diaryl/α,β-unsaturated/α-hetero) is 1. The van der Waals surface area contributed by atoms with E-state index in [1.807, 2.05) is 0 Å². The van der Waals surface area contributed by atoms with Gasteiger partial charge in [-0.25, -0.2) is 0 Å². The molecule has 3 rings (SSSR count). The van der Waals surface area contributed by atoms with Crippen LogP contribution >= 0.6 is 0 Å². The molecule has 1 atom stereocenters. The maximum Gasteiger partial charge on any atom is 0.258 e. The third-order valence-electron chi connectivity index (χ3n) is 4.23. The van der Waals surface area contributed by atoms with Crippen LogP contribution in [0.25, 0.3) is 6.08 Å². The molecule has 1 aliphatic rings. The Morgan fingerprint density at radius 1 is 1.20 bits per heavy atom. The van der Waals surface area contributed by atoms with E-state index in [0.29, 0.717) is 11.3 Å². The Morgan fingerprint density at radius 2 is 1.90 bits per heavy atom. The minimum Gasteiger partial charge on any atom is -0.548 e. The number of hydrogen-bond acceptors (Lipinski definition) is 8. The first kappa shape index (κ1) is 20.9. The second-order valence-corrected chi connectivity index (χ2v) is 6.28. The lowest BCUT2D eigenvalue weighted by atomic mass is 10.1. The fourth-order valence-corrected chi connectivity index (χ4v) is 2.67. The summed E-state index contributed by atoms with van der Waals surface area (Å²) < 4.78 is 16.0. The normalized spacial score (nSPS) is 14.6. The lowest BCUT2D eigenvalue weighted by Gasteiger charge is -2.17.